The van der Waals surface area contributed by atoms with Crippen LogP contribution in [0.4, 0.5) is 13.2 Å². The van der Waals surface area contributed by atoms with Gasteiger partial charge in [-0.05, 0) is 29.3 Å². The summed E-state index contributed by atoms with van der Waals surface area (Å²) < 4.78 is 38.7. The molecule has 0 bridgehead atoms. The third-order valence-electron chi connectivity index (χ3n) is 2.62. The summed E-state index contributed by atoms with van der Waals surface area (Å²) in [5, 5.41) is 8.59. The predicted molar refractivity (Wildman–Crippen MR) is 64.0 cm³/mol. The molecule has 0 N–H and O–H groups in total. The minimum absolute atomic E-state index is 0.0715. The van der Waals surface area contributed by atoms with Crippen molar-refractivity contribution < 1.29 is 13.2 Å². The molecule has 0 aliphatic heterocycles. The number of hydrogen-bond acceptors (Lipinski definition) is 2. The second kappa shape index (κ2) is 5.11. The van der Waals surface area contributed by atoms with Crippen molar-refractivity contribution in [2.75, 3.05) is 0 Å². The average Bonchev–Trinajstić information content (AvgIpc) is 2.38. The maximum Gasteiger partial charge on any atom is 0.417 e. The Morgan fingerprint density at radius 2 is 1.89 bits per heavy atom. The zero-order chi connectivity index (χ0) is 13.9. The first-order chi connectivity index (χ1) is 9.02. The standard InChI is InChI=1S/C14H9F3N2/c15-14(16,17)13-4-2-1-3-12(13)10-6-8-19-11(9-10)5-7-18/h1-4,6,8-9H,5H2. The molecule has 0 unspecified atom stereocenters. The highest BCUT2D eigenvalue weighted by Gasteiger charge is 2.33. The van der Waals surface area contributed by atoms with Gasteiger partial charge in [-0.15, -0.1) is 0 Å². The lowest BCUT2D eigenvalue weighted by Crippen LogP contribution is -2.07. The van der Waals surface area contributed by atoms with Crippen LogP contribution in [0.25, 0.3) is 11.1 Å². The fourth-order valence-corrected chi connectivity index (χ4v) is 1.81. The topological polar surface area (TPSA) is 36.7 Å². The molecule has 1 heterocycles. The van der Waals surface area contributed by atoms with Crippen LogP contribution in [0, 0.1) is 11.3 Å². The number of alkyl halides is 3. The predicted octanol–water partition coefficient (Wildman–Crippen LogP) is 3.83. The van der Waals surface area contributed by atoms with Crippen LogP contribution in [0.15, 0.2) is 42.6 Å². The Labute approximate surface area is 108 Å². The molecule has 96 valence electrons. The monoisotopic (exact) mass is 262 g/mol. The highest BCUT2D eigenvalue weighted by Crippen LogP contribution is 2.36. The van der Waals surface area contributed by atoms with Gasteiger partial charge in [-0.1, -0.05) is 18.2 Å². The minimum atomic E-state index is -4.41. The molecular weight excluding hydrogens is 253 g/mol. The van der Waals surface area contributed by atoms with Gasteiger partial charge in [0.15, 0.2) is 0 Å². The second-order valence-corrected chi connectivity index (χ2v) is 3.91. The van der Waals surface area contributed by atoms with E-state index in [1.165, 1.54) is 30.5 Å². The van der Waals surface area contributed by atoms with E-state index < -0.39 is 11.7 Å². The van der Waals surface area contributed by atoms with E-state index in [1.807, 2.05) is 6.07 Å². The number of nitrogens with zero attached hydrogens (tertiary/aromatic N) is 2. The number of rotatable bonds is 2. The molecule has 0 saturated carbocycles. The molecular formula is C14H9F3N2. The normalized spacial score (nSPS) is 11.1. The fraction of sp³-hybridized carbons (Fsp3) is 0.143. The van der Waals surface area contributed by atoms with Crippen molar-refractivity contribution in [3.05, 3.63) is 53.9 Å². The summed E-state index contributed by atoms with van der Waals surface area (Å²) >= 11 is 0. The first kappa shape index (κ1) is 13.1. The summed E-state index contributed by atoms with van der Waals surface area (Å²) in [6.45, 7) is 0. The lowest BCUT2D eigenvalue weighted by atomic mass is 9.99. The van der Waals surface area contributed by atoms with Crippen LogP contribution in [0.2, 0.25) is 0 Å². The van der Waals surface area contributed by atoms with Crippen molar-refractivity contribution in [3.63, 3.8) is 0 Å². The Hall–Kier alpha value is -2.35. The van der Waals surface area contributed by atoms with E-state index in [-0.39, 0.29) is 12.0 Å². The zero-order valence-electron chi connectivity index (χ0n) is 9.78. The van der Waals surface area contributed by atoms with Crippen molar-refractivity contribution in [2.45, 2.75) is 12.6 Å². The van der Waals surface area contributed by atoms with Gasteiger partial charge in [0.25, 0.3) is 0 Å². The van der Waals surface area contributed by atoms with Crippen LogP contribution < -0.4 is 0 Å². The van der Waals surface area contributed by atoms with Gasteiger partial charge in [0.05, 0.1) is 23.7 Å². The molecule has 2 nitrogen and oxygen atoms in total. The molecule has 19 heavy (non-hydrogen) atoms. The van der Waals surface area contributed by atoms with E-state index >= 15 is 0 Å². The Balaban J connectivity index is 2.54. The smallest absolute Gasteiger partial charge is 0.260 e. The van der Waals surface area contributed by atoms with Gasteiger partial charge >= 0.3 is 6.18 Å². The zero-order valence-corrected chi connectivity index (χ0v) is 9.78. The quantitative estimate of drug-likeness (QED) is 0.824. The van der Waals surface area contributed by atoms with Crippen LogP contribution in [0.3, 0.4) is 0 Å². The Kier molecular flexibility index (Phi) is 3.52. The first-order valence-corrected chi connectivity index (χ1v) is 5.51. The molecule has 0 atom stereocenters. The van der Waals surface area contributed by atoms with Crippen molar-refractivity contribution in [1.29, 1.82) is 5.26 Å². The molecule has 0 radical (unpaired) electrons. The lowest BCUT2D eigenvalue weighted by Gasteiger charge is -2.12. The van der Waals surface area contributed by atoms with E-state index in [4.69, 9.17) is 5.26 Å². The lowest BCUT2D eigenvalue weighted by molar-refractivity contribution is -0.137. The molecule has 5 heteroatoms. The minimum Gasteiger partial charge on any atom is -0.260 e. The van der Waals surface area contributed by atoms with Gasteiger partial charge in [0.2, 0.25) is 0 Å². The first-order valence-electron chi connectivity index (χ1n) is 5.51. The summed E-state index contributed by atoms with van der Waals surface area (Å²) in [7, 11) is 0. The molecule has 0 fully saturated rings. The number of benzene rings is 1. The molecule has 0 saturated heterocycles. The van der Waals surface area contributed by atoms with Crippen LogP contribution in [-0.4, -0.2) is 4.98 Å². The van der Waals surface area contributed by atoms with Crippen LogP contribution in [0.1, 0.15) is 11.3 Å². The maximum absolute atomic E-state index is 12.9. The molecule has 2 aromatic rings. The van der Waals surface area contributed by atoms with Gasteiger partial charge in [-0.3, -0.25) is 4.98 Å². The third kappa shape index (κ3) is 2.91. The van der Waals surface area contributed by atoms with Crippen LogP contribution in [0.5, 0.6) is 0 Å². The summed E-state index contributed by atoms with van der Waals surface area (Å²) in [6.07, 6.45) is -2.92. The number of pyridine rings is 1. The summed E-state index contributed by atoms with van der Waals surface area (Å²) in [5.41, 5.74) is 0.269. The largest absolute Gasteiger partial charge is 0.417 e. The van der Waals surface area contributed by atoms with Crippen molar-refractivity contribution in [3.8, 4) is 17.2 Å². The molecule has 0 aliphatic carbocycles. The SMILES string of the molecule is N#CCc1cc(-c2ccccc2C(F)(F)F)ccn1. The Morgan fingerprint density at radius 1 is 1.16 bits per heavy atom. The molecule has 1 aromatic carbocycles. The van der Waals surface area contributed by atoms with Crippen LogP contribution >= 0.6 is 0 Å². The Bertz CT molecular complexity index is 627. The van der Waals surface area contributed by atoms with Crippen molar-refractivity contribution >= 4 is 0 Å². The molecule has 0 spiro atoms. The fourth-order valence-electron chi connectivity index (χ4n) is 1.81. The summed E-state index contributed by atoms with van der Waals surface area (Å²) in [5.74, 6) is 0. The van der Waals surface area contributed by atoms with Gasteiger partial charge in [0, 0.05) is 6.20 Å². The van der Waals surface area contributed by atoms with Gasteiger partial charge < -0.3 is 0 Å². The van der Waals surface area contributed by atoms with Crippen molar-refractivity contribution in [2.24, 2.45) is 0 Å². The highest BCUT2D eigenvalue weighted by molar-refractivity contribution is 5.68. The number of nitriles is 1. The highest BCUT2D eigenvalue weighted by atomic mass is 19.4. The molecule has 0 aliphatic rings. The molecule has 1 aromatic heterocycles. The summed E-state index contributed by atoms with van der Waals surface area (Å²) in [4.78, 5) is 3.94. The van der Waals surface area contributed by atoms with E-state index in [1.54, 1.807) is 6.07 Å². The second-order valence-electron chi connectivity index (χ2n) is 3.91. The maximum atomic E-state index is 12.9. The molecule has 2 rings (SSSR count). The van der Waals surface area contributed by atoms with Crippen molar-refractivity contribution in [1.82, 2.24) is 4.98 Å². The van der Waals surface area contributed by atoms with E-state index in [0.29, 0.717) is 11.3 Å². The average molecular weight is 262 g/mol. The van der Waals surface area contributed by atoms with Gasteiger partial charge in [-0.2, -0.15) is 18.4 Å². The number of aromatic nitrogens is 1. The summed E-state index contributed by atoms with van der Waals surface area (Å²) in [6, 6.07) is 10.3. The van der Waals surface area contributed by atoms with E-state index in [2.05, 4.69) is 4.98 Å². The van der Waals surface area contributed by atoms with E-state index in [0.717, 1.165) is 6.07 Å². The van der Waals surface area contributed by atoms with Crippen LogP contribution in [-0.2, 0) is 12.6 Å². The Morgan fingerprint density at radius 3 is 2.58 bits per heavy atom. The number of hydrogen-bond donors (Lipinski definition) is 0. The van der Waals surface area contributed by atoms with Gasteiger partial charge in [-0.25, -0.2) is 0 Å². The number of halogens is 3. The van der Waals surface area contributed by atoms with Gasteiger partial charge in [0.1, 0.15) is 0 Å². The third-order valence-corrected chi connectivity index (χ3v) is 2.62. The van der Waals surface area contributed by atoms with E-state index in [9.17, 15) is 13.2 Å². The molecule has 0 amide bonds.